The third kappa shape index (κ3) is 11.1. The summed E-state index contributed by atoms with van der Waals surface area (Å²) in [5.74, 6) is 0. The molecule has 0 spiro atoms. The zero-order valence-corrected chi connectivity index (χ0v) is 16.9. The van der Waals surface area contributed by atoms with Gasteiger partial charge in [-0.05, 0) is 38.1 Å². The first-order valence-electron chi connectivity index (χ1n) is 7.79. The lowest BCUT2D eigenvalue weighted by Crippen LogP contribution is -2.15. The van der Waals surface area contributed by atoms with Gasteiger partial charge in [0, 0.05) is 0 Å². The van der Waals surface area contributed by atoms with E-state index in [0.29, 0.717) is 0 Å². The minimum atomic E-state index is -4.02. The van der Waals surface area contributed by atoms with E-state index in [1.54, 1.807) is 24.3 Å². The topological polar surface area (TPSA) is 169 Å². The maximum Gasteiger partial charge on any atom is 0.294 e. The van der Waals surface area contributed by atoms with Gasteiger partial charge in [0.25, 0.3) is 20.2 Å². The minimum absolute atomic E-state index is 0.0666. The Hall–Kier alpha value is -1.86. The van der Waals surface area contributed by atoms with Crippen LogP contribution in [-0.2, 0) is 20.2 Å². The Morgan fingerprint density at radius 1 is 0.679 bits per heavy atom. The summed E-state index contributed by atoms with van der Waals surface area (Å²) in [6.45, 7) is 2.95. The van der Waals surface area contributed by atoms with E-state index in [0.717, 1.165) is 11.1 Å². The fourth-order valence-electron chi connectivity index (χ4n) is 1.48. The SMILES string of the molecule is Cc1ccc(S(=O)(=O)O)cc1.Cc1ccc(S(=O)(=O)O)cc1.OCC(O)CO. The molecule has 0 amide bonds. The summed E-state index contributed by atoms with van der Waals surface area (Å²) in [5, 5.41) is 24.0. The van der Waals surface area contributed by atoms with E-state index in [4.69, 9.17) is 24.4 Å². The smallest absolute Gasteiger partial charge is 0.294 e. The second-order valence-electron chi connectivity index (χ2n) is 5.60. The Bertz CT molecular complexity index is 827. The highest BCUT2D eigenvalue weighted by Crippen LogP contribution is 2.09. The molecule has 0 radical (unpaired) electrons. The Labute approximate surface area is 164 Å². The Kier molecular flexibility index (Phi) is 11.1. The summed E-state index contributed by atoms with van der Waals surface area (Å²) in [7, 11) is -8.04. The molecule has 5 N–H and O–H groups in total. The normalized spacial score (nSPS) is 11.1. The van der Waals surface area contributed by atoms with Gasteiger partial charge in [-0.3, -0.25) is 9.11 Å². The van der Waals surface area contributed by atoms with Crippen LogP contribution in [-0.4, -0.2) is 60.6 Å². The molecule has 0 bridgehead atoms. The second kappa shape index (κ2) is 11.9. The monoisotopic (exact) mass is 436 g/mol. The lowest BCUT2D eigenvalue weighted by atomic mass is 10.2. The summed E-state index contributed by atoms with van der Waals surface area (Å²) < 4.78 is 59.1. The van der Waals surface area contributed by atoms with Crippen LogP contribution in [0.15, 0.2) is 58.3 Å². The average molecular weight is 437 g/mol. The van der Waals surface area contributed by atoms with E-state index >= 15 is 0 Å². The molecule has 9 nitrogen and oxygen atoms in total. The van der Waals surface area contributed by atoms with Gasteiger partial charge in [0.15, 0.2) is 0 Å². The molecule has 0 aromatic heterocycles. The summed E-state index contributed by atoms with van der Waals surface area (Å²) in [6.07, 6.45) is -0.954. The summed E-state index contributed by atoms with van der Waals surface area (Å²) in [6, 6.07) is 12.0. The van der Waals surface area contributed by atoms with E-state index in [1.807, 2.05) is 13.8 Å². The zero-order chi connectivity index (χ0) is 22.0. The first kappa shape index (κ1) is 26.1. The van der Waals surface area contributed by atoms with Crippen molar-refractivity contribution in [3.63, 3.8) is 0 Å². The van der Waals surface area contributed by atoms with Crippen molar-refractivity contribution < 1.29 is 41.3 Å². The molecule has 0 fully saturated rings. The van der Waals surface area contributed by atoms with Crippen LogP contribution in [0.4, 0.5) is 0 Å². The molecule has 158 valence electrons. The second-order valence-corrected chi connectivity index (χ2v) is 8.44. The number of hydrogen-bond acceptors (Lipinski definition) is 7. The van der Waals surface area contributed by atoms with Crippen LogP contribution < -0.4 is 0 Å². The van der Waals surface area contributed by atoms with Crippen molar-refractivity contribution in [2.45, 2.75) is 29.7 Å². The largest absolute Gasteiger partial charge is 0.394 e. The van der Waals surface area contributed by atoms with E-state index in [-0.39, 0.29) is 23.0 Å². The Balaban J connectivity index is 0.000000411. The quantitative estimate of drug-likeness (QED) is 0.435. The fraction of sp³-hybridized carbons (Fsp3) is 0.294. The summed E-state index contributed by atoms with van der Waals surface area (Å²) in [5.41, 5.74) is 1.91. The molecule has 0 aliphatic rings. The van der Waals surface area contributed by atoms with Crippen LogP contribution in [0.3, 0.4) is 0 Å². The molecular weight excluding hydrogens is 412 g/mol. The van der Waals surface area contributed by atoms with Crippen LogP contribution in [0.1, 0.15) is 11.1 Å². The van der Waals surface area contributed by atoms with Crippen molar-refractivity contribution >= 4 is 20.2 Å². The number of aliphatic hydroxyl groups is 3. The molecule has 0 aliphatic heterocycles. The number of rotatable bonds is 4. The number of hydrogen-bond donors (Lipinski definition) is 5. The molecule has 0 aliphatic carbocycles. The van der Waals surface area contributed by atoms with Gasteiger partial charge in [0.2, 0.25) is 0 Å². The van der Waals surface area contributed by atoms with Crippen molar-refractivity contribution in [2.75, 3.05) is 13.2 Å². The zero-order valence-electron chi connectivity index (χ0n) is 15.3. The molecule has 0 unspecified atom stereocenters. The van der Waals surface area contributed by atoms with Crippen molar-refractivity contribution in [2.24, 2.45) is 0 Å². The first-order valence-corrected chi connectivity index (χ1v) is 10.7. The van der Waals surface area contributed by atoms with Crippen LogP contribution in [0.5, 0.6) is 0 Å². The van der Waals surface area contributed by atoms with Gasteiger partial charge in [-0.2, -0.15) is 16.8 Å². The molecule has 2 aromatic carbocycles. The molecule has 0 heterocycles. The van der Waals surface area contributed by atoms with Crippen LogP contribution in [0, 0.1) is 13.8 Å². The maximum absolute atomic E-state index is 10.5. The number of benzene rings is 2. The molecule has 2 rings (SSSR count). The highest BCUT2D eigenvalue weighted by atomic mass is 32.2. The molecular formula is C17H24O9S2. The van der Waals surface area contributed by atoms with Gasteiger partial charge in [0.1, 0.15) is 6.10 Å². The standard InChI is InChI=1S/2C7H8O3S.C3H8O3/c2*1-6-2-4-7(5-3-6)11(8,9)10;4-1-3(6)2-5/h2*2-5H,1H3,(H,8,9,10);3-6H,1-2H2. The minimum Gasteiger partial charge on any atom is -0.394 e. The number of aliphatic hydroxyl groups excluding tert-OH is 3. The highest BCUT2D eigenvalue weighted by molar-refractivity contribution is 7.86. The third-order valence-corrected chi connectivity index (χ3v) is 4.79. The van der Waals surface area contributed by atoms with Crippen LogP contribution in [0.25, 0.3) is 0 Å². The van der Waals surface area contributed by atoms with E-state index in [9.17, 15) is 16.8 Å². The molecule has 0 saturated carbocycles. The van der Waals surface area contributed by atoms with Crippen molar-refractivity contribution in [3.05, 3.63) is 59.7 Å². The molecule has 28 heavy (non-hydrogen) atoms. The van der Waals surface area contributed by atoms with Crippen molar-refractivity contribution in [3.8, 4) is 0 Å². The van der Waals surface area contributed by atoms with E-state index in [1.165, 1.54) is 24.3 Å². The van der Waals surface area contributed by atoms with E-state index < -0.39 is 26.3 Å². The Morgan fingerprint density at radius 2 is 0.929 bits per heavy atom. The lowest BCUT2D eigenvalue weighted by molar-refractivity contribution is 0.0450. The van der Waals surface area contributed by atoms with Gasteiger partial charge in [-0.15, -0.1) is 0 Å². The van der Waals surface area contributed by atoms with Crippen molar-refractivity contribution in [1.29, 1.82) is 0 Å². The first-order chi connectivity index (χ1) is 12.8. The molecule has 11 heteroatoms. The maximum atomic E-state index is 10.5. The van der Waals surface area contributed by atoms with Gasteiger partial charge in [-0.25, -0.2) is 0 Å². The third-order valence-electron chi connectivity index (χ3n) is 3.06. The summed E-state index contributed by atoms with van der Waals surface area (Å²) in [4.78, 5) is -0.133. The Morgan fingerprint density at radius 3 is 1.07 bits per heavy atom. The molecule has 0 atom stereocenters. The van der Waals surface area contributed by atoms with Crippen LogP contribution >= 0.6 is 0 Å². The molecule has 0 saturated heterocycles. The predicted molar refractivity (Wildman–Crippen MR) is 102 cm³/mol. The average Bonchev–Trinajstić information content (AvgIpc) is 2.61. The van der Waals surface area contributed by atoms with Crippen molar-refractivity contribution in [1.82, 2.24) is 0 Å². The predicted octanol–water partition coefficient (Wildman–Crippen LogP) is 0.815. The lowest BCUT2D eigenvalue weighted by Gasteiger charge is -1.96. The number of aryl methyl sites for hydroxylation is 2. The van der Waals surface area contributed by atoms with Gasteiger partial charge in [-0.1, -0.05) is 35.4 Å². The molecule has 2 aromatic rings. The summed E-state index contributed by atoms with van der Waals surface area (Å²) >= 11 is 0. The van der Waals surface area contributed by atoms with Crippen LogP contribution in [0.2, 0.25) is 0 Å². The van der Waals surface area contributed by atoms with E-state index in [2.05, 4.69) is 0 Å². The van der Waals surface area contributed by atoms with Gasteiger partial charge >= 0.3 is 0 Å². The van der Waals surface area contributed by atoms with Gasteiger partial charge < -0.3 is 15.3 Å². The van der Waals surface area contributed by atoms with Gasteiger partial charge in [0.05, 0.1) is 23.0 Å². The highest BCUT2D eigenvalue weighted by Gasteiger charge is 2.07. The fourth-order valence-corrected chi connectivity index (χ4v) is 2.44.